The van der Waals surface area contributed by atoms with E-state index in [0.717, 1.165) is 0 Å². The summed E-state index contributed by atoms with van der Waals surface area (Å²) in [6.45, 7) is 23.4. The molecule has 0 aliphatic carbocycles. The Hall–Kier alpha value is -2.66. The van der Waals surface area contributed by atoms with E-state index in [-0.39, 0.29) is 16.5 Å². The minimum Gasteiger partial charge on any atom is -0.543 e. The third kappa shape index (κ3) is 8.74. The smallest absolute Gasteiger partial charge is 0.414 e. The van der Waals surface area contributed by atoms with Gasteiger partial charge < -0.3 is 28.5 Å². The van der Waals surface area contributed by atoms with Crippen LogP contribution < -0.4 is 9.33 Å². The Bertz CT molecular complexity index is 1270. The van der Waals surface area contributed by atoms with Crippen molar-refractivity contribution in [1.82, 2.24) is 0 Å². The van der Waals surface area contributed by atoms with Gasteiger partial charge in [-0.25, -0.2) is 9.59 Å². The van der Waals surface area contributed by atoms with E-state index in [9.17, 15) is 14.7 Å². The first kappa shape index (κ1) is 35.8. The van der Waals surface area contributed by atoms with Gasteiger partial charge in [-0.2, -0.15) is 0 Å². The van der Waals surface area contributed by atoms with Crippen LogP contribution in [0.25, 0.3) is 6.08 Å². The lowest BCUT2D eigenvalue weighted by Crippen LogP contribution is -2.44. The highest BCUT2D eigenvalue weighted by molar-refractivity contribution is 6.74. The molecule has 3 rings (SSSR count). The number of carbonyl (C=O) groups is 2. The Morgan fingerprint density at radius 2 is 1.70 bits per heavy atom. The van der Waals surface area contributed by atoms with Gasteiger partial charge in [0.1, 0.15) is 35.2 Å². The van der Waals surface area contributed by atoms with Crippen LogP contribution in [0, 0.1) is 5.92 Å². The number of aliphatic hydroxyl groups excluding tert-OH is 1. The van der Waals surface area contributed by atoms with E-state index in [1.54, 1.807) is 25.3 Å². The summed E-state index contributed by atoms with van der Waals surface area (Å²) in [4.78, 5) is 28.5. The number of anilines is 1. The van der Waals surface area contributed by atoms with Crippen molar-refractivity contribution < 1.29 is 38.1 Å². The van der Waals surface area contributed by atoms with Crippen LogP contribution in [-0.2, 0) is 18.9 Å². The maximum atomic E-state index is 14.0. The second-order valence-electron chi connectivity index (χ2n) is 14.9. The summed E-state index contributed by atoms with van der Waals surface area (Å²) in [5, 5.41) is 10.8. The van der Waals surface area contributed by atoms with E-state index in [1.807, 2.05) is 66.7 Å². The van der Waals surface area contributed by atoms with Gasteiger partial charge in [-0.3, -0.25) is 4.90 Å². The zero-order valence-electron chi connectivity index (χ0n) is 28.8. The molecule has 0 saturated carbocycles. The summed E-state index contributed by atoms with van der Waals surface area (Å²) in [5.74, 6) is -1.25. The number of hydrogen-bond acceptors (Lipinski definition) is 8. The Morgan fingerprint density at radius 1 is 1.07 bits per heavy atom. The summed E-state index contributed by atoms with van der Waals surface area (Å²) in [6.07, 6.45) is 4.66. The molecule has 1 N–H and O–H groups in total. The molecule has 0 radical (unpaired) electrons. The zero-order chi connectivity index (χ0) is 33.4. The van der Waals surface area contributed by atoms with Crippen LogP contribution >= 0.6 is 0 Å². The fourth-order valence-electron chi connectivity index (χ4n) is 4.66. The van der Waals surface area contributed by atoms with Gasteiger partial charge in [0.15, 0.2) is 5.79 Å². The second-order valence-corrected chi connectivity index (χ2v) is 19.7. The lowest BCUT2D eigenvalue weighted by molar-refractivity contribution is -0.152. The summed E-state index contributed by atoms with van der Waals surface area (Å²) >= 11 is 0. The number of ether oxygens (including phenoxy) is 4. The van der Waals surface area contributed by atoms with Crippen LogP contribution in [0.5, 0.6) is 5.75 Å². The number of fused-ring (bicyclic) bond motifs is 2. The van der Waals surface area contributed by atoms with Crippen molar-refractivity contribution in [2.45, 2.75) is 130 Å². The van der Waals surface area contributed by atoms with Gasteiger partial charge in [0, 0.05) is 19.0 Å². The van der Waals surface area contributed by atoms with Crippen LogP contribution in [0.3, 0.4) is 0 Å². The molecule has 1 amide bonds. The molecule has 0 aromatic heterocycles. The number of cyclic esters (lactones) is 1. The van der Waals surface area contributed by atoms with Crippen molar-refractivity contribution >= 4 is 32.1 Å². The van der Waals surface area contributed by atoms with Crippen LogP contribution in [-0.4, -0.2) is 68.3 Å². The molecule has 2 heterocycles. The van der Waals surface area contributed by atoms with Crippen molar-refractivity contribution in [1.29, 1.82) is 0 Å². The summed E-state index contributed by atoms with van der Waals surface area (Å²) in [5.41, 5.74) is 0.625. The Balaban J connectivity index is 2.22. The Kier molecular flexibility index (Phi) is 10.6. The molecule has 44 heavy (non-hydrogen) atoms. The third-order valence-electron chi connectivity index (χ3n) is 8.42. The number of hydrogen-bond donors (Lipinski definition) is 1. The first-order valence-corrected chi connectivity index (χ1v) is 18.4. The highest BCUT2D eigenvalue weighted by atomic mass is 28.4. The van der Waals surface area contributed by atoms with Crippen molar-refractivity contribution in [2.75, 3.05) is 11.9 Å². The van der Waals surface area contributed by atoms with Crippen LogP contribution in [0.1, 0.15) is 91.6 Å². The molecule has 246 valence electrons. The molecule has 0 spiro atoms. The van der Waals surface area contributed by atoms with E-state index < -0.39 is 56.2 Å². The van der Waals surface area contributed by atoms with Gasteiger partial charge in [0.05, 0.1) is 11.8 Å². The minimum absolute atomic E-state index is 0.163. The van der Waals surface area contributed by atoms with E-state index in [2.05, 4.69) is 33.9 Å². The third-order valence-corrected chi connectivity index (χ3v) is 12.8. The van der Waals surface area contributed by atoms with Crippen LogP contribution in [0.4, 0.5) is 10.5 Å². The lowest BCUT2D eigenvalue weighted by atomic mass is 9.98. The maximum Gasteiger partial charge on any atom is 0.414 e. The quantitative estimate of drug-likeness (QED) is 0.208. The second kappa shape index (κ2) is 13.0. The van der Waals surface area contributed by atoms with Gasteiger partial charge in [-0.1, -0.05) is 52.0 Å². The molecule has 1 saturated heterocycles. The average molecular weight is 632 g/mol. The van der Waals surface area contributed by atoms with Crippen molar-refractivity contribution in [3.63, 3.8) is 0 Å². The molecule has 1 fully saturated rings. The zero-order valence-corrected chi connectivity index (χ0v) is 29.8. The van der Waals surface area contributed by atoms with Crippen LogP contribution in [0.15, 0.2) is 30.4 Å². The van der Waals surface area contributed by atoms with Crippen molar-refractivity contribution in [2.24, 2.45) is 5.92 Å². The number of benzene rings is 1. The number of nitrogens with zero attached hydrogens (tertiary/aromatic N) is 1. The van der Waals surface area contributed by atoms with Crippen molar-refractivity contribution in [3.05, 3.63) is 41.5 Å². The summed E-state index contributed by atoms with van der Waals surface area (Å²) < 4.78 is 30.7. The van der Waals surface area contributed by atoms with Gasteiger partial charge in [-0.15, -0.1) is 0 Å². The first-order chi connectivity index (χ1) is 20.0. The molecule has 2 aliphatic heterocycles. The Morgan fingerprint density at radius 3 is 2.30 bits per heavy atom. The average Bonchev–Trinajstić information content (AvgIpc) is 3.17. The lowest BCUT2D eigenvalue weighted by Gasteiger charge is -2.37. The summed E-state index contributed by atoms with van der Waals surface area (Å²) in [7, 11) is -0.826. The van der Waals surface area contributed by atoms with E-state index in [1.165, 1.54) is 4.90 Å². The SMILES string of the molecule is CC1OC(=O)c2c(cc(N(C)C(=O)OC(C)(C)C)cc2O[Si](C)(C)C(C)(C)C)/C=C/CC2OC(C)(C)O[C@@H]2C(O)/C=C\[C@H]1C. The van der Waals surface area contributed by atoms with E-state index >= 15 is 0 Å². The van der Waals surface area contributed by atoms with Crippen LogP contribution in [0.2, 0.25) is 18.1 Å². The molecule has 3 unspecified atom stereocenters. The van der Waals surface area contributed by atoms with Gasteiger partial charge in [0.2, 0.25) is 0 Å². The highest BCUT2D eigenvalue weighted by Gasteiger charge is 2.44. The summed E-state index contributed by atoms with van der Waals surface area (Å²) in [6, 6.07) is 3.48. The van der Waals surface area contributed by atoms with Gasteiger partial charge in [0.25, 0.3) is 8.32 Å². The number of amides is 1. The molecule has 2 aliphatic rings. The maximum absolute atomic E-state index is 14.0. The molecule has 1 aromatic rings. The fourth-order valence-corrected chi connectivity index (χ4v) is 5.68. The predicted octanol–water partition coefficient (Wildman–Crippen LogP) is 7.48. The van der Waals surface area contributed by atoms with Gasteiger partial charge >= 0.3 is 12.1 Å². The largest absolute Gasteiger partial charge is 0.543 e. The number of rotatable bonds is 3. The topological polar surface area (TPSA) is 104 Å². The minimum atomic E-state index is -2.46. The molecule has 1 aromatic carbocycles. The molecule has 5 atom stereocenters. The molecule has 0 bridgehead atoms. The first-order valence-electron chi connectivity index (χ1n) is 15.4. The van der Waals surface area contributed by atoms with Crippen molar-refractivity contribution in [3.8, 4) is 5.75 Å². The normalized spacial score (nSPS) is 27.7. The molecule has 10 heteroatoms. The molecular formula is C34H53NO8Si. The number of aliphatic hydroxyl groups is 1. The monoisotopic (exact) mass is 631 g/mol. The molecular weight excluding hydrogens is 578 g/mol. The number of esters is 1. The highest BCUT2D eigenvalue weighted by Crippen LogP contribution is 2.41. The van der Waals surface area contributed by atoms with E-state index in [4.69, 9.17) is 23.4 Å². The number of carbonyl (C=O) groups excluding carboxylic acids is 2. The predicted molar refractivity (Wildman–Crippen MR) is 176 cm³/mol. The molecule has 9 nitrogen and oxygen atoms in total. The Labute approximate surface area is 264 Å². The van der Waals surface area contributed by atoms with E-state index in [0.29, 0.717) is 23.4 Å². The fraction of sp³-hybridized carbons (Fsp3) is 0.647. The standard InChI is InChI=1S/C34H53NO8Si/c1-21-17-18-25(36)29-26(40-34(9,10)41-29)16-14-15-23-19-24(35(11)31(38)42-32(3,4)5)20-27(28(23)30(37)39-22(21)2)43-44(12,13)33(6,7)8/h14-15,17-22,25-26,29,36H,16H2,1-13H3/b15-14+,18-17-/t21-,22?,25?,26?,29-/m1/s1. The van der Waals surface area contributed by atoms with Gasteiger partial charge in [-0.05, 0) is 77.7 Å².